The predicted octanol–water partition coefficient (Wildman–Crippen LogP) is 2.80. The Kier molecular flexibility index (Phi) is 4.30. The number of hydrogen-bond donors (Lipinski definition) is 2. The highest BCUT2D eigenvalue weighted by atomic mass is 16.6. The van der Waals surface area contributed by atoms with Crippen LogP contribution in [0.3, 0.4) is 0 Å². The molecule has 0 bridgehead atoms. The second-order valence-corrected chi connectivity index (χ2v) is 5.22. The van der Waals surface area contributed by atoms with E-state index in [0.717, 1.165) is 19.3 Å². The van der Waals surface area contributed by atoms with Crippen molar-refractivity contribution in [2.45, 2.75) is 37.6 Å². The number of nitrogens with one attached hydrogen (secondary N) is 1. The molecule has 7 heteroatoms. The molecule has 1 aromatic rings. The fourth-order valence-corrected chi connectivity index (χ4v) is 2.73. The van der Waals surface area contributed by atoms with Gasteiger partial charge in [0.1, 0.15) is 5.54 Å². The van der Waals surface area contributed by atoms with E-state index < -0.39 is 16.4 Å². The van der Waals surface area contributed by atoms with Gasteiger partial charge in [0, 0.05) is 17.8 Å². The number of nitro groups is 1. The Labute approximate surface area is 122 Å². The van der Waals surface area contributed by atoms with Crippen molar-refractivity contribution in [1.29, 1.82) is 0 Å². The minimum absolute atomic E-state index is 0.112. The van der Waals surface area contributed by atoms with E-state index in [-0.39, 0.29) is 11.4 Å². The third-order valence-corrected chi connectivity index (χ3v) is 3.88. The second-order valence-electron chi connectivity index (χ2n) is 5.22. The van der Waals surface area contributed by atoms with Crippen LogP contribution in [0.15, 0.2) is 18.2 Å². The first-order chi connectivity index (χ1) is 9.98. The summed E-state index contributed by atoms with van der Waals surface area (Å²) in [6, 6.07) is 4.30. The number of carboxylic acid groups (broad SMARTS) is 1. The molecule has 0 unspecified atom stereocenters. The Morgan fingerprint density at radius 3 is 2.57 bits per heavy atom. The van der Waals surface area contributed by atoms with Crippen molar-refractivity contribution in [3.63, 3.8) is 0 Å². The number of methoxy groups -OCH3 is 1. The van der Waals surface area contributed by atoms with E-state index in [2.05, 4.69) is 5.32 Å². The molecule has 0 aromatic heterocycles. The molecular weight excluding hydrogens is 276 g/mol. The van der Waals surface area contributed by atoms with Crippen LogP contribution in [0.1, 0.15) is 32.1 Å². The average Bonchev–Trinajstić information content (AvgIpc) is 2.47. The van der Waals surface area contributed by atoms with Gasteiger partial charge >= 0.3 is 11.7 Å². The van der Waals surface area contributed by atoms with Crippen molar-refractivity contribution < 1.29 is 19.6 Å². The van der Waals surface area contributed by atoms with E-state index in [4.69, 9.17) is 4.74 Å². The molecule has 21 heavy (non-hydrogen) atoms. The Morgan fingerprint density at radius 1 is 1.38 bits per heavy atom. The topological polar surface area (TPSA) is 102 Å². The highest BCUT2D eigenvalue weighted by Gasteiger charge is 2.39. The van der Waals surface area contributed by atoms with Gasteiger partial charge in [-0.05, 0) is 18.9 Å². The Hall–Kier alpha value is -2.31. The molecule has 0 amide bonds. The normalized spacial score (nSPS) is 17.0. The van der Waals surface area contributed by atoms with Gasteiger partial charge in [0.2, 0.25) is 0 Å². The molecule has 2 rings (SSSR count). The number of carboxylic acids is 1. The number of benzene rings is 1. The molecule has 114 valence electrons. The highest BCUT2D eigenvalue weighted by molar-refractivity contribution is 5.83. The van der Waals surface area contributed by atoms with Crippen LogP contribution in [-0.2, 0) is 4.79 Å². The molecule has 0 saturated heterocycles. The van der Waals surface area contributed by atoms with Gasteiger partial charge in [-0.15, -0.1) is 0 Å². The fraction of sp³-hybridized carbons (Fsp3) is 0.500. The Morgan fingerprint density at radius 2 is 2.05 bits per heavy atom. The molecule has 1 aliphatic carbocycles. The molecule has 1 fully saturated rings. The smallest absolute Gasteiger partial charge is 0.329 e. The second kappa shape index (κ2) is 5.99. The third-order valence-electron chi connectivity index (χ3n) is 3.88. The van der Waals surface area contributed by atoms with E-state index in [1.165, 1.54) is 25.3 Å². The van der Waals surface area contributed by atoms with E-state index in [1.54, 1.807) is 0 Å². The summed E-state index contributed by atoms with van der Waals surface area (Å²) < 4.78 is 5.00. The van der Waals surface area contributed by atoms with Crippen LogP contribution in [0.5, 0.6) is 5.75 Å². The van der Waals surface area contributed by atoms with Crippen LogP contribution in [0.4, 0.5) is 11.4 Å². The number of nitro benzene ring substituents is 1. The number of rotatable bonds is 5. The van der Waals surface area contributed by atoms with E-state index in [1.807, 2.05) is 0 Å². The van der Waals surface area contributed by atoms with Gasteiger partial charge in [-0.1, -0.05) is 19.3 Å². The zero-order valence-electron chi connectivity index (χ0n) is 11.8. The molecule has 1 aromatic carbocycles. The first-order valence-corrected chi connectivity index (χ1v) is 6.82. The number of carbonyl (C=O) groups is 1. The van der Waals surface area contributed by atoms with Crippen molar-refractivity contribution in [3.05, 3.63) is 28.3 Å². The van der Waals surface area contributed by atoms with Gasteiger partial charge in [-0.3, -0.25) is 10.1 Å². The van der Waals surface area contributed by atoms with Crippen LogP contribution in [0.2, 0.25) is 0 Å². The predicted molar refractivity (Wildman–Crippen MR) is 76.7 cm³/mol. The summed E-state index contributed by atoms with van der Waals surface area (Å²) in [6.07, 6.45) is 3.82. The number of ether oxygens (including phenoxy) is 1. The lowest BCUT2D eigenvalue weighted by Gasteiger charge is -2.35. The van der Waals surface area contributed by atoms with Gasteiger partial charge in [0.15, 0.2) is 5.75 Å². The average molecular weight is 294 g/mol. The number of aliphatic carboxylic acids is 1. The molecule has 1 saturated carbocycles. The summed E-state index contributed by atoms with van der Waals surface area (Å²) in [5.41, 5.74) is -0.628. The number of anilines is 1. The summed E-state index contributed by atoms with van der Waals surface area (Å²) >= 11 is 0. The van der Waals surface area contributed by atoms with Crippen molar-refractivity contribution in [2.24, 2.45) is 0 Å². The molecule has 0 spiro atoms. The van der Waals surface area contributed by atoms with Crippen LogP contribution in [0.25, 0.3) is 0 Å². The fourth-order valence-electron chi connectivity index (χ4n) is 2.73. The van der Waals surface area contributed by atoms with Crippen molar-refractivity contribution in [1.82, 2.24) is 0 Å². The van der Waals surface area contributed by atoms with E-state index in [9.17, 15) is 20.0 Å². The van der Waals surface area contributed by atoms with E-state index in [0.29, 0.717) is 18.5 Å². The van der Waals surface area contributed by atoms with Crippen molar-refractivity contribution in [3.8, 4) is 5.75 Å². The minimum atomic E-state index is -1.00. The number of hydrogen-bond acceptors (Lipinski definition) is 5. The van der Waals surface area contributed by atoms with Gasteiger partial charge in [0.25, 0.3) is 0 Å². The minimum Gasteiger partial charge on any atom is -0.490 e. The van der Waals surface area contributed by atoms with Crippen LogP contribution >= 0.6 is 0 Å². The quantitative estimate of drug-likeness (QED) is 0.639. The molecule has 0 radical (unpaired) electrons. The third kappa shape index (κ3) is 3.07. The SMILES string of the molecule is COc1cc(NC2(C(=O)O)CCCCC2)ccc1[N+](=O)[O-]. The molecule has 0 atom stereocenters. The van der Waals surface area contributed by atoms with Gasteiger partial charge < -0.3 is 15.2 Å². The van der Waals surface area contributed by atoms with Crippen LogP contribution < -0.4 is 10.1 Å². The summed E-state index contributed by atoms with van der Waals surface area (Å²) in [5.74, 6) is -0.777. The number of nitrogens with zero attached hydrogens (tertiary/aromatic N) is 1. The summed E-state index contributed by atoms with van der Waals surface area (Å²) in [7, 11) is 1.35. The Balaban J connectivity index is 2.29. The monoisotopic (exact) mass is 294 g/mol. The summed E-state index contributed by atoms with van der Waals surface area (Å²) in [6.45, 7) is 0. The zero-order valence-corrected chi connectivity index (χ0v) is 11.8. The van der Waals surface area contributed by atoms with Gasteiger partial charge in [-0.2, -0.15) is 0 Å². The van der Waals surface area contributed by atoms with Gasteiger partial charge in [0.05, 0.1) is 12.0 Å². The highest BCUT2D eigenvalue weighted by Crippen LogP contribution is 2.35. The maximum Gasteiger partial charge on any atom is 0.329 e. The molecule has 1 aliphatic rings. The van der Waals surface area contributed by atoms with Crippen molar-refractivity contribution in [2.75, 3.05) is 12.4 Å². The van der Waals surface area contributed by atoms with E-state index >= 15 is 0 Å². The largest absolute Gasteiger partial charge is 0.490 e. The Bertz CT molecular complexity index is 552. The summed E-state index contributed by atoms with van der Waals surface area (Å²) in [4.78, 5) is 21.9. The molecule has 2 N–H and O–H groups in total. The molecular formula is C14H18N2O5. The zero-order chi connectivity index (χ0) is 15.5. The first-order valence-electron chi connectivity index (χ1n) is 6.82. The maximum absolute atomic E-state index is 11.6. The van der Waals surface area contributed by atoms with Gasteiger partial charge in [-0.25, -0.2) is 4.79 Å². The van der Waals surface area contributed by atoms with Crippen molar-refractivity contribution >= 4 is 17.3 Å². The maximum atomic E-state index is 11.6. The lowest BCUT2D eigenvalue weighted by atomic mass is 9.81. The first kappa shape index (κ1) is 15.1. The summed E-state index contributed by atoms with van der Waals surface area (Å²) in [5, 5.41) is 23.4. The standard InChI is InChI=1S/C14H18N2O5/c1-21-12-9-10(5-6-11(12)16(19)20)15-14(13(17)18)7-3-2-4-8-14/h5-6,9,15H,2-4,7-8H2,1H3,(H,17,18). The molecule has 0 heterocycles. The lowest BCUT2D eigenvalue weighted by molar-refractivity contribution is -0.385. The molecule has 7 nitrogen and oxygen atoms in total. The lowest BCUT2D eigenvalue weighted by Crippen LogP contribution is -2.47. The molecule has 0 aliphatic heterocycles. The van der Waals surface area contributed by atoms with Crippen LogP contribution in [0, 0.1) is 10.1 Å². The van der Waals surface area contributed by atoms with Crippen LogP contribution in [-0.4, -0.2) is 28.6 Å².